The van der Waals surface area contributed by atoms with Crippen molar-refractivity contribution in [3.8, 4) is 0 Å². The van der Waals surface area contributed by atoms with Crippen molar-refractivity contribution < 1.29 is 9.53 Å². The second kappa shape index (κ2) is 5.02. The van der Waals surface area contributed by atoms with Gasteiger partial charge in [-0.15, -0.1) is 0 Å². The fraction of sp³-hybridized carbons (Fsp3) is 0.615. The highest BCUT2D eigenvalue weighted by molar-refractivity contribution is 5.94. The molecule has 0 unspecified atom stereocenters. The zero-order chi connectivity index (χ0) is 13.2. The quantitative estimate of drug-likeness (QED) is 0.853. The molecular formula is C13H21N3O2. The SMILES string of the molecule is CCn1cc(N)cc1C(=O)NC1(C)CCOCC1. The first-order chi connectivity index (χ1) is 8.54. The van der Waals surface area contributed by atoms with Gasteiger partial charge < -0.3 is 20.4 Å². The highest BCUT2D eigenvalue weighted by Gasteiger charge is 2.30. The lowest BCUT2D eigenvalue weighted by Crippen LogP contribution is -2.49. The third-order valence-electron chi connectivity index (χ3n) is 3.50. The van der Waals surface area contributed by atoms with Gasteiger partial charge in [-0.05, 0) is 32.8 Å². The van der Waals surface area contributed by atoms with Crippen molar-refractivity contribution >= 4 is 11.6 Å². The van der Waals surface area contributed by atoms with E-state index in [1.807, 2.05) is 11.5 Å². The highest BCUT2D eigenvalue weighted by Crippen LogP contribution is 2.21. The summed E-state index contributed by atoms with van der Waals surface area (Å²) in [5.41, 5.74) is 6.82. The Balaban J connectivity index is 2.11. The van der Waals surface area contributed by atoms with E-state index >= 15 is 0 Å². The van der Waals surface area contributed by atoms with Crippen molar-refractivity contribution in [3.05, 3.63) is 18.0 Å². The van der Waals surface area contributed by atoms with E-state index in [9.17, 15) is 4.79 Å². The van der Waals surface area contributed by atoms with Gasteiger partial charge in [0.2, 0.25) is 0 Å². The van der Waals surface area contributed by atoms with Crippen molar-refractivity contribution in [1.29, 1.82) is 0 Å². The van der Waals surface area contributed by atoms with Crippen LogP contribution in [0.4, 0.5) is 5.69 Å². The molecule has 0 radical (unpaired) electrons. The van der Waals surface area contributed by atoms with Gasteiger partial charge >= 0.3 is 0 Å². The van der Waals surface area contributed by atoms with E-state index in [1.54, 1.807) is 12.3 Å². The van der Waals surface area contributed by atoms with Crippen molar-refractivity contribution in [2.24, 2.45) is 0 Å². The van der Waals surface area contributed by atoms with Crippen molar-refractivity contribution in [3.63, 3.8) is 0 Å². The van der Waals surface area contributed by atoms with Crippen LogP contribution in [0.2, 0.25) is 0 Å². The third-order valence-corrected chi connectivity index (χ3v) is 3.50. The summed E-state index contributed by atoms with van der Waals surface area (Å²) in [7, 11) is 0. The summed E-state index contributed by atoms with van der Waals surface area (Å²) >= 11 is 0. The van der Waals surface area contributed by atoms with Gasteiger partial charge in [-0.2, -0.15) is 0 Å². The molecule has 0 saturated carbocycles. The Morgan fingerprint density at radius 2 is 2.22 bits per heavy atom. The van der Waals surface area contributed by atoms with Crippen LogP contribution in [0.25, 0.3) is 0 Å². The molecule has 0 bridgehead atoms. The van der Waals surface area contributed by atoms with Gasteiger partial charge in [0.25, 0.3) is 5.91 Å². The Morgan fingerprint density at radius 3 is 2.83 bits per heavy atom. The molecule has 1 fully saturated rings. The van der Waals surface area contributed by atoms with Gasteiger partial charge in [0.1, 0.15) is 5.69 Å². The Kier molecular flexibility index (Phi) is 3.61. The van der Waals surface area contributed by atoms with Crippen LogP contribution in [0.3, 0.4) is 0 Å². The zero-order valence-electron chi connectivity index (χ0n) is 11.0. The number of carbonyl (C=O) groups is 1. The van der Waals surface area contributed by atoms with Crippen LogP contribution >= 0.6 is 0 Å². The van der Waals surface area contributed by atoms with Crippen LogP contribution in [0, 0.1) is 0 Å². The molecule has 1 aliphatic heterocycles. The number of nitrogen functional groups attached to an aromatic ring is 1. The molecule has 2 rings (SSSR count). The number of aromatic nitrogens is 1. The molecule has 18 heavy (non-hydrogen) atoms. The second-order valence-electron chi connectivity index (χ2n) is 5.07. The Morgan fingerprint density at radius 1 is 1.56 bits per heavy atom. The molecule has 1 aromatic heterocycles. The van der Waals surface area contributed by atoms with Gasteiger partial charge in [0.05, 0.1) is 5.69 Å². The van der Waals surface area contributed by atoms with Crippen molar-refractivity contribution in [2.45, 2.75) is 38.8 Å². The minimum absolute atomic E-state index is 0.0575. The second-order valence-corrected chi connectivity index (χ2v) is 5.07. The Hall–Kier alpha value is -1.49. The van der Waals surface area contributed by atoms with Crippen molar-refractivity contribution in [2.75, 3.05) is 18.9 Å². The van der Waals surface area contributed by atoms with E-state index < -0.39 is 0 Å². The number of nitrogens with two attached hydrogens (primary N) is 1. The molecule has 5 nitrogen and oxygen atoms in total. The highest BCUT2D eigenvalue weighted by atomic mass is 16.5. The molecule has 1 saturated heterocycles. The molecule has 1 aromatic rings. The lowest BCUT2D eigenvalue weighted by molar-refractivity contribution is 0.0420. The van der Waals surface area contributed by atoms with Gasteiger partial charge in [-0.3, -0.25) is 4.79 Å². The number of hydrogen-bond acceptors (Lipinski definition) is 3. The van der Waals surface area contributed by atoms with E-state index in [-0.39, 0.29) is 11.4 Å². The molecule has 5 heteroatoms. The summed E-state index contributed by atoms with van der Waals surface area (Å²) in [6.45, 7) is 6.20. The Labute approximate surface area is 107 Å². The van der Waals surface area contributed by atoms with E-state index in [1.165, 1.54) is 0 Å². The molecule has 0 aliphatic carbocycles. The number of carbonyl (C=O) groups excluding carboxylic acids is 1. The molecular weight excluding hydrogens is 230 g/mol. The van der Waals surface area contributed by atoms with E-state index in [2.05, 4.69) is 12.2 Å². The molecule has 2 heterocycles. The van der Waals surface area contributed by atoms with Crippen LogP contribution in [-0.4, -0.2) is 29.2 Å². The van der Waals surface area contributed by atoms with Gasteiger partial charge in [0, 0.05) is 31.5 Å². The van der Waals surface area contributed by atoms with E-state index in [4.69, 9.17) is 10.5 Å². The Bertz CT molecular complexity index is 433. The summed E-state index contributed by atoms with van der Waals surface area (Å²) in [5.74, 6) is -0.0575. The fourth-order valence-electron chi connectivity index (χ4n) is 2.27. The molecule has 0 aromatic carbocycles. The minimum Gasteiger partial charge on any atom is -0.397 e. The van der Waals surface area contributed by atoms with E-state index in [0.29, 0.717) is 24.6 Å². The predicted octanol–water partition coefficient (Wildman–Crippen LogP) is 1.39. The normalized spacial score (nSPS) is 18.6. The van der Waals surface area contributed by atoms with Gasteiger partial charge in [-0.1, -0.05) is 0 Å². The van der Waals surface area contributed by atoms with Gasteiger partial charge in [0.15, 0.2) is 0 Å². The number of anilines is 1. The summed E-state index contributed by atoms with van der Waals surface area (Å²) in [6.07, 6.45) is 3.49. The standard InChI is InChI=1S/C13H21N3O2/c1-3-16-9-10(14)8-11(16)12(17)15-13(2)4-6-18-7-5-13/h8-9H,3-7,14H2,1-2H3,(H,15,17). The average molecular weight is 251 g/mol. The van der Waals surface area contributed by atoms with E-state index in [0.717, 1.165) is 19.4 Å². The number of ether oxygens (including phenoxy) is 1. The number of hydrogen-bond donors (Lipinski definition) is 2. The first kappa shape index (κ1) is 13.0. The average Bonchev–Trinajstić information content (AvgIpc) is 2.71. The predicted molar refractivity (Wildman–Crippen MR) is 70.4 cm³/mol. The molecule has 0 spiro atoms. The first-order valence-electron chi connectivity index (χ1n) is 6.40. The van der Waals surface area contributed by atoms with Crippen LogP contribution in [0.5, 0.6) is 0 Å². The van der Waals surface area contributed by atoms with Crippen LogP contribution < -0.4 is 11.1 Å². The summed E-state index contributed by atoms with van der Waals surface area (Å²) in [5, 5.41) is 3.10. The number of nitrogens with zero attached hydrogens (tertiary/aromatic N) is 1. The monoisotopic (exact) mass is 251 g/mol. The molecule has 100 valence electrons. The van der Waals surface area contributed by atoms with Gasteiger partial charge in [-0.25, -0.2) is 0 Å². The summed E-state index contributed by atoms with van der Waals surface area (Å²) < 4.78 is 7.19. The topological polar surface area (TPSA) is 69.3 Å². The fourth-order valence-corrected chi connectivity index (χ4v) is 2.27. The van der Waals surface area contributed by atoms with Crippen LogP contribution in [-0.2, 0) is 11.3 Å². The maximum absolute atomic E-state index is 12.3. The number of nitrogens with one attached hydrogen (secondary N) is 1. The van der Waals surface area contributed by atoms with Crippen LogP contribution in [0.15, 0.2) is 12.3 Å². The molecule has 1 amide bonds. The number of rotatable bonds is 3. The smallest absolute Gasteiger partial charge is 0.268 e. The van der Waals surface area contributed by atoms with Crippen molar-refractivity contribution in [1.82, 2.24) is 9.88 Å². The molecule has 3 N–H and O–H groups in total. The third kappa shape index (κ3) is 2.67. The summed E-state index contributed by atoms with van der Waals surface area (Å²) in [6, 6.07) is 1.72. The minimum atomic E-state index is -0.174. The lowest BCUT2D eigenvalue weighted by atomic mass is 9.92. The number of amides is 1. The first-order valence-corrected chi connectivity index (χ1v) is 6.40. The maximum Gasteiger partial charge on any atom is 0.268 e. The lowest BCUT2D eigenvalue weighted by Gasteiger charge is -2.34. The molecule has 1 aliphatic rings. The maximum atomic E-state index is 12.3. The zero-order valence-corrected chi connectivity index (χ0v) is 11.0. The summed E-state index contributed by atoms with van der Waals surface area (Å²) in [4.78, 5) is 12.3. The largest absolute Gasteiger partial charge is 0.397 e. The number of aryl methyl sites for hydroxylation is 1. The van der Waals surface area contributed by atoms with Crippen LogP contribution in [0.1, 0.15) is 37.2 Å². The molecule has 0 atom stereocenters.